The van der Waals surface area contributed by atoms with E-state index in [9.17, 15) is 31.9 Å². The Hall–Kier alpha value is -2.98. The van der Waals surface area contributed by atoms with Gasteiger partial charge in [0.25, 0.3) is 18.0 Å². The van der Waals surface area contributed by atoms with Gasteiger partial charge in [-0.1, -0.05) is 32.9 Å². The number of nitrogens with zero attached hydrogens (tertiary/aromatic N) is 3. The van der Waals surface area contributed by atoms with E-state index in [1.165, 1.54) is 12.1 Å². The van der Waals surface area contributed by atoms with Gasteiger partial charge in [-0.3, -0.25) is 9.78 Å². The van der Waals surface area contributed by atoms with E-state index in [2.05, 4.69) is 10.1 Å². The number of aromatic hydroxyl groups is 1. The van der Waals surface area contributed by atoms with Crippen molar-refractivity contribution in [2.75, 3.05) is 0 Å². The zero-order valence-corrected chi connectivity index (χ0v) is 15.6. The minimum atomic E-state index is -4.53. The SMILES string of the molecule is CC(C)(C)[C@H](c1ccc(C(F)(F)F)cc1)n1nc(C(F)F)c2c(=O)[nH]c(O)nc21. The molecule has 0 radical (unpaired) electrons. The molecule has 2 aromatic heterocycles. The van der Waals surface area contributed by atoms with Crippen LogP contribution in [-0.2, 0) is 6.18 Å². The highest BCUT2D eigenvalue weighted by atomic mass is 19.4. The molecule has 0 saturated heterocycles. The summed E-state index contributed by atoms with van der Waals surface area (Å²) in [6.07, 6.45) is -7.63. The second-order valence-electron chi connectivity index (χ2n) is 7.61. The maximum Gasteiger partial charge on any atom is 0.416 e. The molecule has 0 bridgehead atoms. The summed E-state index contributed by atoms with van der Waals surface area (Å²) in [5, 5.41) is 13.0. The Balaban J connectivity index is 2.29. The van der Waals surface area contributed by atoms with Crippen molar-refractivity contribution in [1.82, 2.24) is 19.7 Å². The molecule has 29 heavy (non-hydrogen) atoms. The van der Waals surface area contributed by atoms with Gasteiger partial charge in [-0.2, -0.15) is 23.3 Å². The molecule has 3 rings (SSSR count). The second kappa shape index (κ2) is 6.82. The highest BCUT2D eigenvalue weighted by molar-refractivity contribution is 5.78. The van der Waals surface area contributed by atoms with Crippen LogP contribution in [0.4, 0.5) is 22.0 Å². The summed E-state index contributed by atoms with van der Waals surface area (Å²) in [5.74, 6) is 0. The van der Waals surface area contributed by atoms with Gasteiger partial charge in [0, 0.05) is 0 Å². The number of H-pyrrole nitrogens is 1. The molecule has 0 unspecified atom stereocenters. The van der Waals surface area contributed by atoms with E-state index >= 15 is 0 Å². The molecule has 6 nitrogen and oxygen atoms in total. The molecule has 0 amide bonds. The minimum absolute atomic E-state index is 0.290. The fraction of sp³-hybridized carbons (Fsp3) is 0.389. The highest BCUT2D eigenvalue weighted by Gasteiger charge is 2.35. The molecule has 2 N–H and O–H groups in total. The van der Waals surface area contributed by atoms with E-state index < -0.39 is 52.3 Å². The second-order valence-corrected chi connectivity index (χ2v) is 7.61. The van der Waals surface area contributed by atoms with Crippen molar-refractivity contribution >= 4 is 11.0 Å². The number of hydrogen-bond donors (Lipinski definition) is 2. The van der Waals surface area contributed by atoms with E-state index in [0.717, 1.165) is 16.8 Å². The van der Waals surface area contributed by atoms with Crippen molar-refractivity contribution in [3.05, 3.63) is 51.4 Å². The maximum absolute atomic E-state index is 13.5. The van der Waals surface area contributed by atoms with E-state index in [4.69, 9.17) is 0 Å². The van der Waals surface area contributed by atoms with Crippen LogP contribution in [0.2, 0.25) is 0 Å². The van der Waals surface area contributed by atoms with Gasteiger partial charge in [0.2, 0.25) is 0 Å². The number of rotatable bonds is 3. The van der Waals surface area contributed by atoms with Crippen LogP contribution in [0.15, 0.2) is 29.1 Å². The standard InChI is InChI=1S/C18H17F5N4O2/c1-17(2,3)12(8-4-6-9(7-5-8)18(21,22)23)27-14-10(11(26-27)13(19)20)15(28)25-16(29)24-14/h4-7,12-13H,1-3H3,(H2,24,25,28,29)/t12-/m0/s1. The summed E-state index contributed by atoms with van der Waals surface area (Å²) in [7, 11) is 0. The largest absolute Gasteiger partial charge is 0.480 e. The van der Waals surface area contributed by atoms with Crippen molar-refractivity contribution in [2.24, 2.45) is 5.41 Å². The molecule has 1 aromatic carbocycles. The van der Waals surface area contributed by atoms with Gasteiger partial charge in [-0.05, 0) is 23.1 Å². The first kappa shape index (κ1) is 20.7. The number of aromatic nitrogens is 4. The summed E-state index contributed by atoms with van der Waals surface area (Å²) < 4.78 is 66.7. The first-order valence-corrected chi connectivity index (χ1v) is 8.47. The van der Waals surface area contributed by atoms with Gasteiger partial charge in [0.15, 0.2) is 5.65 Å². The summed E-state index contributed by atoms with van der Waals surface area (Å²) >= 11 is 0. The molecular formula is C18H17F5N4O2. The van der Waals surface area contributed by atoms with E-state index in [0.29, 0.717) is 5.56 Å². The number of alkyl halides is 5. The van der Waals surface area contributed by atoms with Gasteiger partial charge in [0.1, 0.15) is 11.1 Å². The van der Waals surface area contributed by atoms with Crippen LogP contribution in [0.1, 0.15) is 50.1 Å². The maximum atomic E-state index is 13.5. The Bertz CT molecular complexity index is 1090. The van der Waals surface area contributed by atoms with Crippen molar-refractivity contribution in [1.29, 1.82) is 0 Å². The quantitative estimate of drug-likeness (QED) is 0.620. The molecule has 2 heterocycles. The summed E-state index contributed by atoms with van der Waals surface area (Å²) in [5.41, 5.74) is -3.35. The molecule has 1 atom stereocenters. The van der Waals surface area contributed by atoms with Crippen LogP contribution in [-0.4, -0.2) is 24.9 Å². The molecule has 0 saturated carbocycles. The average molecular weight is 416 g/mol. The van der Waals surface area contributed by atoms with Crippen LogP contribution in [0.5, 0.6) is 6.01 Å². The number of nitrogens with one attached hydrogen (secondary N) is 1. The fourth-order valence-electron chi connectivity index (χ4n) is 3.26. The summed E-state index contributed by atoms with van der Waals surface area (Å²) in [4.78, 5) is 17.8. The molecule has 0 aliphatic carbocycles. The van der Waals surface area contributed by atoms with Crippen LogP contribution in [0, 0.1) is 5.41 Å². The third kappa shape index (κ3) is 3.81. The Labute approximate surface area is 161 Å². The molecule has 156 valence electrons. The Morgan fingerprint density at radius 1 is 1.10 bits per heavy atom. The van der Waals surface area contributed by atoms with Crippen molar-refractivity contribution in [3.63, 3.8) is 0 Å². The highest BCUT2D eigenvalue weighted by Crippen LogP contribution is 2.40. The summed E-state index contributed by atoms with van der Waals surface area (Å²) in [6.45, 7) is 5.20. The van der Waals surface area contributed by atoms with E-state index in [1.54, 1.807) is 20.8 Å². The molecule has 0 aliphatic heterocycles. The first-order valence-electron chi connectivity index (χ1n) is 8.47. The zero-order chi connectivity index (χ0) is 21.7. The molecular weight excluding hydrogens is 399 g/mol. The van der Waals surface area contributed by atoms with Crippen LogP contribution >= 0.6 is 0 Å². The van der Waals surface area contributed by atoms with Crippen LogP contribution in [0.25, 0.3) is 11.0 Å². The minimum Gasteiger partial charge on any atom is -0.480 e. The predicted molar refractivity (Wildman–Crippen MR) is 93.8 cm³/mol. The Morgan fingerprint density at radius 2 is 1.69 bits per heavy atom. The monoisotopic (exact) mass is 416 g/mol. The van der Waals surface area contributed by atoms with Gasteiger partial charge >= 0.3 is 6.18 Å². The smallest absolute Gasteiger partial charge is 0.416 e. The lowest BCUT2D eigenvalue weighted by molar-refractivity contribution is -0.137. The van der Waals surface area contributed by atoms with Gasteiger partial charge < -0.3 is 5.11 Å². The Morgan fingerprint density at radius 3 is 2.17 bits per heavy atom. The van der Waals surface area contributed by atoms with Crippen LogP contribution < -0.4 is 5.56 Å². The van der Waals surface area contributed by atoms with Crippen molar-refractivity contribution in [2.45, 2.75) is 39.4 Å². The number of benzene rings is 1. The normalized spacial score (nSPS) is 14.0. The topological polar surface area (TPSA) is 83.8 Å². The molecule has 0 aliphatic rings. The third-order valence-electron chi connectivity index (χ3n) is 4.40. The van der Waals surface area contributed by atoms with Gasteiger partial charge in [-0.25, -0.2) is 13.5 Å². The van der Waals surface area contributed by atoms with Crippen molar-refractivity contribution < 1.29 is 27.1 Å². The summed E-state index contributed by atoms with van der Waals surface area (Å²) in [6, 6.07) is 2.57. The van der Waals surface area contributed by atoms with Gasteiger partial charge in [0.05, 0.1) is 11.6 Å². The zero-order valence-electron chi connectivity index (χ0n) is 15.6. The Kier molecular flexibility index (Phi) is 4.88. The number of hydrogen-bond acceptors (Lipinski definition) is 4. The lowest BCUT2D eigenvalue weighted by Crippen LogP contribution is -2.27. The predicted octanol–water partition coefficient (Wildman–Crippen LogP) is 4.42. The third-order valence-corrected chi connectivity index (χ3v) is 4.40. The van der Waals surface area contributed by atoms with E-state index in [1.807, 2.05) is 4.98 Å². The van der Waals surface area contributed by atoms with E-state index in [-0.39, 0.29) is 5.65 Å². The first-order chi connectivity index (χ1) is 13.3. The number of halogens is 5. The number of fused-ring (bicyclic) bond motifs is 1. The van der Waals surface area contributed by atoms with Crippen LogP contribution in [0.3, 0.4) is 0 Å². The average Bonchev–Trinajstić information content (AvgIpc) is 2.93. The van der Waals surface area contributed by atoms with Crippen molar-refractivity contribution in [3.8, 4) is 6.01 Å². The molecule has 11 heteroatoms. The lowest BCUT2D eigenvalue weighted by atomic mass is 9.82. The molecule has 3 aromatic rings. The lowest BCUT2D eigenvalue weighted by Gasteiger charge is -2.31. The fourth-order valence-corrected chi connectivity index (χ4v) is 3.26. The number of aromatic amines is 1. The van der Waals surface area contributed by atoms with Gasteiger partial charge in [-0.15, -0.1) is 0 Å². The molecule has 0 fully saturated rings. The molecule has 0 spiro atoms.